The molecule has 0 spiro atoms. The van der Waals surface area contributed by atoms with E-state index in [9.17, 15) is 10.2 Å². The minimum absolute atomic E-state index is 0.209. The molecule has 0 saturated heterocycles. The highest BCUT2D eigenvalue weighted by atomic mass is 16.3. The van der Waals surface area contributed by atoms with Crippen LogP contribution in [0.25, 0.3) is 11.1 Å². The summed E-state index contributed by atoms with van der Waals surface area (Å²) >= 11 is 0. The van der Waals surface area contributed by atoms with Gasteiger partial charge in [0.2, 0.25) is 0 Å². The summed E-state index contributed by atoms with van der Waals surface area (Å²) < 4.78 is 0. The molecule has 0 aliphatic heterocycles. The topological polar surface area (TPSA) is 40.5 Å². The Hall–Kier alpha value is -3.52. The predicted molar refractivity (Wildman–Crippen MR) is 114 cm³/mol. The number of phenols is 2. The zero-order chi connectivity index (χ0) is 19.6. The van der Waals surface area contributed by atoms with Crippen LogP contribution in [0.4, 0.5) is 0 Å². The smallest absolute Gasteiger partial charge is 0.120 e. The summed E-state index contributed by atoms with van der Waals surface area (Å²) in [4.78, 5) is 0. The molecule has 2 nitrogen and oxygen atoms in total. The second-order valence-corrected chi connectivity index (χ2v) is 7.10. The van der Waals surface area contributed by atoms with E-state index in [1.54, 1.807) is 12.1 Å². The van der Waals surface area contributed by atoms with Crippen LogP contribution in [-0.4, -0.2) is 10.2 Å². The lowest BCUT2D eigenvalue weighted by atomic mass is 9.70. The number of rotatable bonds is 4. The molecule has 0 bridgehead atoms. The highest BCUT2D eigenvalue weighted by Gasteiger charge is 2.35. The van der Waals surface area contributed by atoms with Crippen LogP contribution < -0.4 is 0 Å². The van der Waals surface area contributed by atoms with E-state index in [0.717, 1.165) is 27.8 Å². The third-order valence-corrected chi connectivity index (χ3v) is 5.45. The molecule has 4 aromatic carbocycles. The average molecular weight is 366 g/mol. The zero-order valence-corrected chi connectivity index (χ0v) is 15.7. The van der Waals surface area contributed by atoms with Crippen molar-refractivity contribution in [1.29, 1.82) is 0 Å². The van der Waals surface area contributed by atoms with Crippen LogP contribution in [0.2, 0.25) is 0 Å². The molecular weight excluding hydrogens is 344 g/mol. The van der Waals surface area contributed by atoms with E-state index in [1.807, 2.05) is 61.5 Å². The van der Waals surface area contributed by atoms with E-state index in [-0.39, 0.29) is 11.5 Å². The Morgan fingerprint density at radius 3 is 1.43 bits per heavy atom. The molecule has 138 valence electrons. The highest BCUT2D eigenvalue weighted by molar-refractivity contribution is 5.65. The molecule has 0 heterocycles. The summed E-state index contributed by atoms with van der Waals surface area (Å²) in [5, 5.41) is 21.2. The lowest BCUT2D eigenvalue weighted by Crippen LogP contribution is -2.25. The summed E-state index contributed by atoms with van der Waals surface area (Å²) in [5.74, 6) is 0.417. The maximum Gasteiger partial charge on any atom is 0.120 e. The van der Waals surface area contributed by atoms with Crippen molar-refractivity contribution >= 4 is 0 Å². The van der Waals surface area contributed by atoms with Gasteiger partial charge in [-0.15, -0.1) is 0 Å². The molecule has 0 amide bonds. The van der Waals surface area contributed by atoms with Crippen LogP contribution in [0.15, 0.2) is 103 Å². The van der Waals surface area contributed by atoms with Gasteiger partial charge in [0, 0.05) is 16.5 Å². The lowest BCUT2D eigenvalue weighted by molar-refractivity contribution is 0.442. The molecule has 0 aliphatic rings. The Morgan fingerprint density at radius 2 is 0.929 bits per heavy atom. The molecule has 0 radical (unpaired) electrons. The molecule has 0 aromatic heterocycles. The minimum Gasteiger partial charge on any atom is -0.508 e. The van der Waals surface area contributed by atoms with Gasteiger partial charge < -0.3 is 10.2 Å². The normalized spacial score (nSPS) is 11.3. The van der Waals surface area contributed by atoms with Gasteiger partial charge in [-0.05, 0) is 35.7 Å². The van der Waals surface area contributed by atoms with Gasteiger partial charge in [0.05, 0.1) is 0 Å². The molecule has 0 fully saturated rings. The van der Waals surface area contributed by atoms with Crippen LogP contribution in [0, 0.1) is 0 Å². The zero-order valence-electron chi connectivity index (χ0n) is 15.7. The van der Waals surface area contributed by atoms with Gasteiger partial charge >= 0.3 is 0 Å². The van der Waals surface area contributed by atoms with Gasteiger partial charge in [0.1, 0.15) is 11.5 Å². The second-order valence-electron chi connectivity index (χ2n) is 7.10. The Kier molecular flexibility index (Phi) is 4.62. The van der Waals surface area contributed by atoms with Crippen molar-refractivity contribution in [3.05, 3.63) is 120 Å². The molecule has 0 unspecified atom stereocenters. The maximum absolute atomic E-state index is 10.6. The summed E-state index contributed by atoms with van der Waals surface area (Å²) in [6, 6.07) is 33.2. The van der Waals surface area contributed by atoms with E-state index in [1.165, 1.54) is 0 Å². The first-order chi connectivity index (χ1) is 13.6. The van der Waals surface area contributed by atoms with Gasteiger partial charge in [-0.25, -0.2) is 0 Å². The predicted octanol–water partition coefficient (Wildman–Crippen LogP) is 6.12. The number of hydrogen-bond donors (Lipinski definition) is 2. The van der Waals surface area contributed by atoms with Crippen LogP contribution in [0.1, 0.15) is 23.6 Å². The number of hydrogen-bond acceptors (Lipinski definition) is 2. The molecule has 2 heteroatoms. The first kappa shape index (κ1) is 17.9. The molecule has 0 atom stereocenters. The summed E-state index contributed by atoms with van der Waals surface area (Å²) in [7, 11) is 0. The van der Waals surface area contributed by atoms with E-state index in [4.69, 9.17) is 0 Å². The monoisotopic (exact) mass is 366 g/mol. The quantitative estimate of drug-likeness (QED) is 0.427. The van der Waals surface area contributed by atoms with Crippen molar-refractivity contribution in [2.45, 2.75) is 12.3 Å². The van der Waals surface area contributed by atoms with E-state index >= 15 is 0 Å². The summed E-state index contributed by atoms with van der Waals surface area (Å²) in [6.45, 7) is 2.04. The number of benzene rings is 4. The largest absolute Gasteiger partial charge is 0.508 e. The summed E-state index contributed by atoms with van der Waals surface area (Å²) in [6.07, 6.45) is 0. The van der Waals surface area contributed by atoms with E-state index in [0.29, 0.717) is 0 Å². The Labute approximate surface area is 165 Å². The van der Waals surface area contributed by atoms with Gasteiger partial charge in [-0.1, -0.05) is 91.0 Å². The average Bonchev–Trinajstić information content (AvgIpc) is 2.75. The molecule has 2 N–H and O–H groups in total. The van der Waals surface area contributed by atoms with E-state index in [2.05, 4.69) is 36.4 Å². The van der Waals surface area contributed by atoms with Crippen LogP contribution in [-0.2, 0) is 5.41 Å². The van der Waals surface area contributed by atoms with E-state index < -0.39 is 5.41 Å². The third kappa shape index (κ3) is 3.03. The molecule has 0 aliphatic carbocycles. The van der Waals surface area contributed by atoms with Crippen LogP contribution >= 0.6 is 0 Å². The molecule has 4 aromatic rings. The van der Waals surface area contributed by atoms with Crippen LogP contribution in [0.3, 0.4) is 0 Å². The SMILES string of the molecule is CC(c1ccc(-c2ccccc2)cc1)(c1ccccc1O)c1ccccc1O. The van der Waals surface area contributed by atoms with Crippen molar-refractivity contribution in [3.63, 3.8) is 0 Å². The van der Waals surface area contributed by atoms with Gasteiger partial charge in [0.15, 0.2) is 0 Å². The first-order valence-corrected chi connectivity index (χ1v) is 9.33. The second kappa shape index (κ2) is 7.24. The van der Waals surface area contributed by atoms with Gasteiger partial charge in [0.25, 0.3) is 0 Å². The standard InChI is InChI=1S/C26H22O2/c1-26(22-11-5-7-13-24(22)27,23-12-6-8-14-25(23)28)21-17-15-20(16-18-21)19-9-3-2-4-10-19/h2-18,27-28H,1H3. The van der Waals surface area contributed by atoms with Crippen LogP contribution in [0.5, 0.6) is 11.5 Å². The van der Waals surface area contributed by atoms with Crippen molar-refractivity contribution in [2.24, 2.45) is 0 Å². The fourth-order valence-electron chi connectivity index (χ4n) is 3.88. The molecule has 4 rings (SSSR count). The lowest BCUT2D eigenvalue weighted by Gasteiger charge is -2.33. The van der Waals surface area contributed by atoms with Gasteiger partial charge in [-0.2, -0.15) is 0 Å². The first-order valence-electron chi connectivity index (χ1n) is 9.33. The minimum atomic E-state index is -0.702. The maximum atomic E-state index is 10.6. The highest BCUT2D eigenvalue weighted by Crippen LogP contribution is 2.45. The fourth-order valence-corrected chi connectivity index (χ4v) is 3.88. The number of aromatic hydroxyl groups is 2. The molecule has 0 saturated carbocycles. The van der Waals surface area contributed by atoms with Crippen molar-refractivity contribution in [3.8, 4) is 22.6 Å². The Bertz CT molecular complexity index is 1040. The third-order valence-electron chi connectivity index (χ3n) is 5.45. The molecule has 28 heavy (non-hydrogen) atoms. The van der Waals surface area contributed by atoms with Crippen molar-refractivity contribution in [2.75, 3.05) is 0 Å². The van der Waals surface area contributed by atoms with Gasteiger partial charge in [-0.3, -0.25) is 0 Å². The number of phenolic OH excluding ortho intramolecular Hbond substituents is 2. The van der Waals surface area contributed by atoms with Crippen molar-refractivity contribution in [1.82, 2.24) is 0 Å². The number of para-hydroxylation sites is 2. The molecular formula is C26H22O2. The Morgan fingerprint density at radius 1 is 0.500 bits per heavy atom. The summed E-state index contributed by atoms with van der Waals surface area (Å²) in [5.41, 5.74) is 4.08. The van der Waals surface area contributed by atoms with Crippen molar-refractivity contribution < 1.29 is 10.2 Å². The Balaban J connectivity index is 1.90. The fraction of sp³-hybridized carbons (Fsp3) is 0.0769.